The zero-order valence-electron chi connectivity index (χ0n) is 10.7. The fourth-order valence-corrected chi connectivity index (χ4v) is 1.88. The molecular weight excluding hydrogens is 212 g/mol. The largest absolute Gasteiger partial charge is 0.342 e. The van der Waals surface area contributed by atoms with E-state index < -0.39 is 6.04 Å². The second-order valence-corrected chi connectivity index (χ2v) is 4.21. The highest BCUT2D eigenvalue weighted by Gasteiger charge is 2.19. The van der Waals surface area contributed by atoms with Crippen molar-refractivity contribution in [2.45, 2.75) is 32.7 Å². The van der Waals surface area contributed by atoms with E-state index in [4.69, 9.17) is 5.73 Å². The van der Waals surface area contributed by atoms with E-state index in [1.807, 2.05) is 42.2 Å². The molecule has 0 saturated heterocycles. The summed E-state index contributed by atoms with van der Waals surface area (Å²) in [4.78, 5) is 13.9. The molecule has 0 spiro atoms. The van der Waals surface area contributed by atoms with Gasteiger partial charge in [-0.1, -0.05) is 37.3 Å². The molecule has 0 radical (unpaired) electrons. The second kappa shape index (κ2) is 7.07. The van der Waals surface area contributed by atoms with Gasteiger partial charge in [0.05, 0.1) is 6.04 Å². The van der Waals surface area contributed by atoms with Crippen molar-refractivity contribution >= 4 is 5.91 Å². The molecule has 0 unspecified atom stereocenters. The van der Waals surface area contributed by atoms with Gasteiger partial charge in [-0.2, -0.15) is 0 Å². The summed E-state index contributed by atoms with van der Waals surface area (Å²) in [7, 11) is 0. The number of hydrogen-bond acceptors (Lipinski definition) is 2. The Kier molecular flexibility index (Phi) is 5.70. The summed E-state index contributed by atoms with van der Waals surface area (Å²) < 4.78 is 0. The van der Waals surface area contributed by atoms with Crippen LogP contribution in [0.3, 0.4) is 0 Å². The summed E-state index contributed by atoms with van der Waals surface area (Å²) >= 11 is 0. The lowest BCUT2D eigenvalue weighted by molar-refractivity contribution is -0.132. The predicted octanol–water partition coefficient (Wildman–Crippen LogP) is 1.81. The Labute approximate surface area is 104 Å². The van der Waals surface area contributed by atoms with Crippen molar-refractivity contribution in [3.63, 3.8) is 0 Å². The van der Waals surface area contributed by atoms with Gasteiger partial charge in [-0.05, 0) is 25.3 Å². The first-order valence-corrected chi connectivity index (χ1v) is 6.27. The normalized spacial score (nSPS) is 12.2. The molecule has 17 heavy (non-hydrogen) atoms. The van der Waals surface area contributed by atoms with Crippen LogP contribution in [0, 0.1) is 0 Å². The Morgan fingerprint density at radius 1 is 1.29 bits per heavy atom. The first-order valence-electron chi connectivity index (χ1n) is 6.27. The number of benzene rings is 1. The minimum absolute atomic E-state index is 0.0539. The maximum Gasteiger partial charge on any atom is 0.239 e. The van der Waals surface area contributed by atoms with Crippen LogP contribution in [0.1, 0.15) is 25.8 Å². The van der Waals surface area contributed by atoms with E-state index in [2.05, 4.69) is 6.92 Å². The third-order valence-corrected chi connectivity index (χ3v) is 2.80. The van der Waals surface area contributed by atoms with Crippen molar-refractivity contribution in [1.82, 2.24) is 4.90 Å². The lowest BCUT2D eigenvalue weighted by Gasteiger charge is -2.23. The first kappa shape index (κ1) is 13.7. The van der Waals surface area contributed by atoms with Gasteiger partial charge >= 0.3 is 0 Å². The van der Waals surface area contributed by atoms with Crippen LogP contribution in [0.2, 0.25) is 0 Å². The van der Waals surface area contributed by atoms with Crippen LogP contribution >= 0.6 is 0 Å². The van der Waals surface area contributed by atoms with Gasteiger partial charge in [-0.15, -0.1) is 0 Å². The number of likely N-dealkylation sites (N-methyl/N-ethyl adjacent to an activating group) is 1. The molecule has 0 aromatic heterocycles. The van der Waals surface area contributed by atoms with Crippen molar-refractivity contribution < 1.29 is 4.79 Å². The van der Waals surface area contributed by atoms with Crippen molar-refractivity contribution in [2.24, 2.45) is 5.73 Å². The molecule has 0 fully saturated rings. The number of hydrogen-bond donors (Lipinski definition) is 1. The number of amides is 1. The van der Waals surface area contributed by atoms with Crippen LogP contribution in [-0.4, -0.2) is 29.9 Å². The molecule has 2 N–H and O–H groups in total. The topological polar surface area (TPSA) is 46.3 Å². The van der Waals surface area contributed by atoms with E-state index in [1.54, 1.807) is 0 Å². The van der Waals surface area contributed by atoms with E-state index in [1.165, 1.54) is 0 Å². The highest BCUT2D eigenvalue weighted by Crippen LogP contribution is 2.04. The van der Waals surface area contributed by atoms with Crippen molar-refractivity contribution in [2.75, 3.05) is 13.1 Å². The summed E-state index contributed by atoms with van der Waals surface area (Å²) in [5.74, 6) is 0.0539. The Hall–Kier alpha value is -1.35. The van der Waals surface area contributed by atoms with Crippen LogP contribution in [0.25, 0.3) is 0 Å². The molecular formula is C14H22N2O. The van der Waals surface area contributed by atoms with Gasteiger partial charge in [0.2, 0.25) is 5.91 Å². The van der Waals surface area contributed by atoms with Gasteiger partial charge in [-0.25, -0.2) is 0 Å². The first-order chi connectivity index (χ1) is 8.19. The molecule has 0 saturated carbocycles. The Balaban J connectivity index is 2.57. The fraction of sp³-hybridized carbons (Fsp3) is 0.500. The Morgan fingerprint density at radius 2 is 1.94 bits per heavy atom. The lowest BCUT2D eigenvalue weighted by atomic mass is 10.1. The monoisotopic (exact) mass is 234 g/mol. The summed E-state index contributed by atoms with van der Waals surface area (Å²) in [5, 5.41) is 0. The van der Waals surface area contributed by atoms with Crippen LogP contribution in [0.4, 0.5) is 0 Å². The minimum atomic E-state index is -0.427. The maximum atomic E-state index is 12.1. The third kappa shape index (κ3) is 4.19. The Bertz CT molecular complexity index is 337. The van der Waals surface area contributed by atoms with Crippen molar-refractivity contribution in [1.29, 1.82) is 0 Å². The molecule has 1 rings (SSSR count). The molecule has 1 aromatic carbocycles. The molecule has 0 bridgehead atoms. The molecule has 0 aliphatic carbocycles. The van der Waals surface area contributed by atoms with Crippen LogP contribution in [0.5, 0.6) is 0 Å². The van der Waals surface area contributed by atoms with Gasteiger partial charge < -0.3 is 10.6 Å². The van der Waals surface area contributed by atoms with Gasteiger partial charge in [0.1, 0.15) is 0 Å². The average molecular weight is 234 g/mol. The van der Waals surface area contributed by atoms with Crippen LogP contribution < -0.4 is 5.73 Å². The third-order valence-electron chi connectivity index (χ3n) is 2.80. The lowest BCUT2D eigenvalue weighted by Crippen LogP contribution is -2.45. The smallest absolute Gasteiger partial charge is 0.239 e. The van der Waals surface area contributed by atoms with E-state index in [0.717, 1.165) is 25.1 Å². The molecule has 0 heterocycles. The van der Waals surface area contributed by atoms with E-state index >= 15 is 0 Å². The molecule has 3 heteroatoms. The minimum Gasteiger partial charge on any atom is -0.342 e. The molecule has 94 valence electrons. The molecule has 1 amide bonds. The van der Waals surface area contributed by atoms with E-state index in [0.29, 0.717) is 6.42 Å². The summed E-state index contributed by atoms with van der Waals surface area (Å²) in [6.45, 7) is 5.58. The van der Waals surface area contributed by atoms with Crippen LogP contribution in [-0.2, 0) is 11.2 Å². The number of nitrogens with zero attached hydrogens (tertiary/aromatic N) is 1. The van der Waals surface area contributed by atoms with Gasteiger partial charge in [0.15, 0.2) is 0 Å². The number of nitrogens with two attached hydrogens (primary N) is 1. The second-order valence-electron chi connectivity index (χ2n) is 4.21. The fourth-order valence-electron chi connectivity index (χ4n) is 1.88. The highest BCUT2D eigenvalue weighted by molar-refractivity contribution is 5.81. The van der Waals surface area contributed by atoms with E-state index in [-0.39, 0.29) is 5.91 Å². The van der Waals surface area contributed by atoms with Crippen molar-refractivity contribution in [3.05, 3.63) is 35.9 Å². The summed E-state index contributed by atoms with van der Waals surface area (Å²) in [6.07, 6.45) is 1.58. The quantitative estimate of drug-likeness (QED) is 0.816. The number of rotatable bonds is 6. The highest BCUT2D eigenvalue weighted by atomic mass is 16.2. The molecule has 1 atom stereocenters. The van der Waals surface area contributed by atoms with Gasteiger partial charge in [0, 0.05) is 13.1 Å². The molecule has 0 aliphatic heterocycles. The Morgan fingerprint density at radius 3 is 2.47 bits per heavy atom. The van der Waals surface area contributed by atoms with Gasteiger partial charge in [0.25, 0.3) is 0 Å². The number of carbonyl (C=O) groups is 1. The standard InChI is InChI=1S/C14H22N2O/c1-3-10-16(4-2)14(17)13(15)11-12-8-6-5-7-9-12/h5-9,13H,3-4,10-11,15H2,1-2H3/t13-/m0/s1. The van der Waals surface area contributed by atoms with E-state index in [9.17, 15) is 4.79 Å². The average Bonchev–Trinajstić information content (AvgIpc) is 2.36. The SMILES string of the molecule is CCCN(CC)C(=O)[C@@H](N)Cc1ccccc1. The van der Waals surface area contributed by atoms with Crippen molar-refractivity contribution in [3.8, 4) is 0 Å². The predicted molar refractivity (Wildman–Crippen MR) is 70.7 cm³/mol. The number of carbonyl (C=O) groups excluding carboxylic acids is 1. The molecule has 3 nitrogen and oxygen atoms in total. The summed E-state index contributed by atoms with van der Waals surface area (Å²) in [5.41, 5.74) is 7.08. The molecule has 0 aliphatic rings. The molecule has 1 aromatic rings. The zero-order chi connectivity index (χ0) is 12.7. The van der Waals surface area contributed by atoms with Gasteiger partial charge in [-0.3, -0.25) is 4.79 Å². The maximum absolute atomic E-state index is 12.1. The van der Waals surface area contributed by atoms with Crippen LogP contribution in [0.15, 0.2) is 30.3 Å². The zero-order valence-corrected chi connectivity index (χ0v) is 10.7. The summed E-state index contributed by atoms with van der Waals surface area (Å²) in [6, 6.07) is 9.48.